The van der Waals surface area contributed by atoms with Crippen LogP contribution in [0.3, 0.4) is 0 Å². The maximum atomic E-state index is 14.0. The molecule has 1 saturated carbocycles. The van der Waals surface area contributed by atoms with E-state index in [0.717, 1.165) is 24.0 Å². The van der Waals surface area contributed by atoms with Crippen molar-refractivity contribution in [2.24, 2.45) is 7.05 Å². The first kappa shape index (κ1) is 22.8. The number of fused-ring (bicyclic) bond motifs is 1. The Morgan fingerprint density at radius 1 is 1.24 bits per heavy atom. The first-order valence-electron chi connectivity index (χ1n) is 12.2. The van der Waals surface area contributed by atoms with E-state index < -0.39 is 0 Å². The van der Waals surface area contributed by atoms with E-state index in [-0.39, 0.29) is 29.4 Å². The molecule has 1 aliphatic rings. The van der Waals surface area contributed by atoms with E-state index in [4.69, 9.17) is 15.2 Å². The lowest BCUT2D eigenvalue weighted by atomic mass is 10.0. The van der Waals surface area contributed by atoms with Gasteiger partial charge in [-0.3, -0.25) is 14.0 Å². The van der Waals surface area contributed by atoms with Gasteiger partial charge in [0.25, 0.3) is 11.4 Å². The lowest BCUT2D eigenvalue weighted by molar-refractivity contribution is 0.425. The number of benzene rings is 1. The summed E-state index contributed by atoms with van der Waals surface area (Å²) in [4.78, 5) is 31.9. The van der Waals surface area contributed by atoms with Crippen LogP contribution in [-0.4, -0.2) is 39.4 Å². The molecule has 188 valence electrons. The molecule has 1 atom stereocenters. The molecule has 4 aromatic heterocycles. The van der Waals surface area contributed by atoms with Crippen LogP contribution < -0.4 is 16.6 Å². The molecule has 12 nitrogen and oxygen atoms in total. The lowest BCUT2D eigenvalue weighted by Gasteiger charge is -2.23. The average molecular weight is 499 g/mol. The van der Waals surface area contributed by atoms with Crippen molar-refractivity contribution in [1.29, 1.82) is 0 Å². The zero-order chi connectivity index (χ0) is 25.7. The molecule has 37 heavy (non-hydrogen) atoms. The van der Waals surface area contributed by atoms with Gasteiger partial charge in [0.2, 0.25) is 0 Å². The molecule has 0 aliphatic heterocycles. The van der Waals surface area contributed by atoms with Crippen molar-refractivity contribution >= 4 is 22.5 Å². The Hall–Kier alpha value is -4.61. The van der Waals surface area contributed by atoms with Gasteiger partial charge in [0, 0.05) is 24.8 Å². The fourth-order valence-electron chi connectivity index (χ4n) is 4.62. The van der Waals surface area contributed by atoms with Crippen LogP contribution in [0.5, 0.6) is 0 Å². The molecule has 6 rings (SSSR count). The van der Waals surface area contributed by atoms with Crippen molar-refractivity contribution in [2.45, 2.75) is 45.2 Å². The molecule has 0 spiro atoms. The number of rotatable bonds is 7. The van der Waals surface area contributed by atoms with E-state index >= 15 is 0 Å². The Morgan fingerprint density at radius 2 is 2.08 bits per heavy atom. The summed E-state index contributed by atoms with van der Waals surface area (Å²) in [5.74, 6) is 1.99. The summed E-state index contributed by atoms with van der Waals surface area (Å²) in [5, 5.41) is 12.2. The predicted octanol–water partition coefficient (Wildman–Crippen LogP) is 3.43. The molecule has 5 aromatic rings. The summed E-state index contributed by atoms with van der Waals surface area (Å²) in [6, 6.07) is 5.50. The van der Waals surface area contributed by atoms with Crippen LogP contribution in [0, 0.1) is 6.92 Å². The second kappa shape index (κ2) is 8.80. The summed E-state index contributed by atoms with van der Waals surface area (Å²) in [5.41, 5.74) is 8.87. The number of aromatic nitrogens is 8. The molecule has 3 N–H and O–H groups in total. The highest BCUT2D eigenvalue weighted by Crippen LogP contribution is 2.38. The molecular weight excluding hydrogens is 472 g/mol. The first-order chi connectivity index (χ1) is 17.9. The van der Waals surface area contributed by atoms with Crippen LogP contribution in [-0.2, 0) is 7.05 Å². The van der Waals surface area contributed by atoms with Crippen LogP contribution in [0.4, 0.5) is 11.6 Å². The number of nitrogen functional groups attached to an aromatic ring is 1. The minimum atomic E-state index is -0.336. The maximum absolute atomic E-state index is 14.0. The number of anilines is 2. The van der Waals surface area contributed by atoms with Crippen LogP contribution >= 0.6 is 0 Å². The molecular formula is C25H26N10O2. The van der Waals surface area contributed by atoms with Crippen molar-refractivity contribution in [1.82, 2.24) is 39.4 Å². The molecule has 0 radical (unpaired) electrons. The summed E-state index contributed by atoms with van der Waals surface area (Å²) < 4.78 is 8.92. The third kappa shape index (κ3) is 3.99. The van der Waals surface area contributed by atoms with Gasteiger partial charge < -0.3 is 15.6 Å². The van der Waals surface area contributed by atoms with E-state index in [1.807, 2.05) is 42.9 Å². The van der Waals surface area contributed by atoms with Crippen LogP contribution in [0.25, 0.3) is 33.5 Å². The fourth-order valence-corrected chi connectivity index (χ4v) is 4.62. The fraction of sp³-hybridized carbons (Fsp3) is 0.320. The summed E-state index contributed by atoms with van der Waals surface area (Å²) in [6.07, 6.45) is 7.54. The van der Waals surface area contributed by atoms with Crippen LogP contribution in [0.2, 0.25) is 0 Å². The summed E-state index contributed by atoms with van der Waals surface area (Å²) in [6.45, 7) is 3.75. The smallest absolute Gasteiger partial charge is 0.265 e. The number of nitrogens with two attached hydrogens (primary N) is 1. The van der Waals surface area contributed by atoms with Gasteiger partial charge in [0.05, 0.1) is 23.1 Å². The monoisotopic (exact) mass is 498 g/mol. The van der Waals surface area contributed by atoms with Gasteiger partial charge in [-0.15, -0.1) is 0 Å². The molecule has 0 unspecified atom stereocenters. The van der Waals surface area contributed by atoms with Gasteiger partial charge in [-0.2, -0.15) is 10.1 Å². The second-order valence-electron chi connectivity index (χ2n) is 9.21. The average Bonchev–Trinajstić information content (AvgIpc) is 3.48. The van der Waals surface area contributed by atoms with Crippen LogP contribution in [0.1, 0.15) is 49.9 Å². The zero-order valence-electron chi connectivity index (χ0n) is 20.7. The molecule has 1 aromatic carbocycles. The number of nitrogens with zero attached hydrogens (tertiary/aromatic N) is 8. The maximum Gasteiger partial charge on any atom is 0.265 e. The Bertz CT molecular complexity index is 1680. The number of aryl methyl sites for hydroxylation is 2. The Morgan fingerprint density at radius 3 is 2.76 bits per heavy atom. The van der Waals surface area contributed by atoms with Gasteiger partial charge in [-0.25, -0.2) is 15.0 Å². The third-order valence-corrected chi connectivity index (χ3v) is 6.53. The Kier molecular flexibility index (Phi) is 5.43. The molecule has 0 amide bonds. The highest BCUT2D eigenvalue weighted by molar-refractivity contribution is 5.93. The minimum absolute atomic E-state index is 0.0582. The highest BCUT2D eigenvalue weighted by atomic mass is 16.5. The van der Waals surface area contributed by atoms with E-state index in [9.17, 15) is 4.79 Å². The van der Waals surface area contributed by atoms with E-state index in [2.05, 4.69) is 30.5 Å². The summed E-state index contributed by atoms with van der Waals surface area (Å²) in [7, 11) is 1.86. The normalized spacial score (nSPS) is 14.2. The van der Waals surface area contributed by atoms with E-state index in [1.54, 1.807) is 17.8 Å². The first-order valence-corrected chi connectivity index (χ1v) is 12.2. The molecule has 0 saturated heterocycles. The van der Waals surface area contributed by atoms with Crippen LogP contribution in [0.15, 0.2) is 46.2 Å². The Balaban J connectivity index is 1.50. The predicted molar refractivity (Wildman–Crippen MR) is 138 cm³/mol. The van der Waals surface area contributed by atoms with Crippen molar-refractivity contribution in [2.75, 3.05) is 11.1 Å². The lowest BCUT2D eigenvalue weighted by Crippen LogP contribution is -2.29. The van der Waals surface area contributed by atoms with Crippen molar-refractivity contribution in [3.05, 3.63) is 58.9 Å². The largest absolute Gasteiger partial charge is 0.383 e. The van der Waals surface area contributed by atoms with Gasteiger partial charge in [-0.05, 0) is 37.8 Å². The number of hydrogen-bond acceptors (Lipinski definition) is 10. The SMILES string of the molecule is CC[C@H](Nc1ncnc(N)c1-c1nc(C)no1)c1nc2cccc(-c3cnn(C)c3)c2c(=O)n1C1CC1. The molecule has 12 heteroatoms. The van der Waals surface area contributed by atoms with Crippen molar-refractivity contribution in [3.8, 4) is 22.6 Å². The highest BCUT2D eigenvalue weighted by Gasteiger charge is 2.32. The zero-order valence-corrected chi connectivity index (χ0v) is 20.7. The number of hydrogen-bond donors (Lipinski definition) is 2. The molecule has 1 aliphatic carbocycles. The quantitative estimate of drug-likeness (QED) is 0.341. The Labute approximate surface area is 211 Å². The van der Waals surface area contributed by atoms with Gasteiger partial charge in [0.15, 0.2) is 5.82 Å². The van der Waals surface area contributed by atoms with E-state index in [1.165, 1.54) is 6.33 Å². The summed E-state index contributed by atoms with van der Waals surface area (Å²) >= 11 is 0. The topological polar surface area (TPSA) is 155 Å². The van der Waals surface area contributed by atoms with Gasteiger partial charge >= 0.3 is 0 Å². The van der Waals surface area contributed by atoms with Gasteiger partial charge in [-0.1, -0.05) is 24.2 Å². The minimum Gasteiger partial charge on any atom is -0.383 e. The third-order valence-electron chi connectivity index (χ3n) is 6.53. The van der Waals surface area contributed by atoms with E-state index in [0.29, 0.717) is 40.4 Å². The van der Waals surface area contributed by atoms with Crippen molar-refractivity contribution in [3.63, 3.8) is 0 Å². The standard InChI is InChI=1S/C25H26N10O2/c1-4-17(31-22-20(21(26)27-12-28-22)24-30-13(2)33-37-24)23-32-18-7-5-6-16(14-10-29-34(3)11-14)19(18)25(36)35(23)15-8-9-15/h5-7,10-12,15,17H,4,8-9H2,1-3H3,(H3,26,27,28,31)/t17-/m0/s1. The molecule has 1 fully saturated rings. The second-order valence-corrected chi connectivity index (χ2v) is 9.21. The molecule has 0 bridgehead atoms. The number of nitrogens with one attached hydrogen (secondary N) is 1. The van der Waals surface area contributed by atoms with Crippen molar-refractivity contribution < 1.29 is 4.52 Å². The van der Waals surface area contributed by atoms with Gasteiger partial charge in [0.1, 0.15) is 29.4 Å². The molecule has 4 heterocycles.